The summed E-state index contributed by atoms with van der Waals surface area (Å²) in [6, 6.07) is 17.0. The lowest BCUT2D eigenvalue weighted by Gasteiger charge is -2.25. The molecule has 0 aromatic heterocycles. The minimum atomic E-state index is -0.250. The molecular formula is C45H78N8O5. The Hall–Kier alpha value is -5.14. The Balaban J connectivity index is -0.000000842. The van der Waals surface area contributed by atoms with Gasteiger partial charge >= 0.3 is 0 Å². The average molecular weight is 811 g/mol. The zero-order chi connectivity index (χ0) is 45.0. The molecule has 328 valence electrons. The first-order valence-electron chi connectivity index (χ1n) is 20.2. The molecule has 0 saturated heterocycles. The van der Waals surface area contributed by atoms with Crippen LogP contribution < -0.4 is 27.4 Å². The number of nitrogens with two attached hydrogens (primary N) is 2. The van der Waals surface area contributed by atoms with Gasteiger partial charge < -0.3 is 42.2 Å². The Morgan fingerprint density at radius 1 is 0.776 bits per heavy atom. The van der Waals surface area contributed by atoms with Gasteiger partial charge in [-0.1, -0.05) is 116 Å². The number of benzene rings is 2. The second-order valence-electron chi connectivity index (χ2n) is 12.5. The number of nitrogens with one attached hydrogen (secondary N) is 3. The first-order chi connectivity index (χ1) is 28.2. The minimum absolute atomic E-state index is 0.250. The van der Waals surface area contributed by atoms with E-state index in [0.717, 1.165) is 72.4 Å². The molecule has 0 atom stereocenters. The molecule has 2 amide bonds. The first-order valence-corrected chi connectivity index (χ1v) is 20.2. The van der Waals surface area contributed by atoms with Gasteiger partial charge in [0.05, 0.1) is 17.6 Å². The van der Waals surface area contributed by atoms with E-state index < -0.39 is 0 Å². The second kappa shape index (κ2) is 44.6. The topological polar surface area (TPSA) is 205 Å². The van der Waals surface area contributed by atoms with Crippen molar-refractivity contribution >= 4 is 49.9 Å². The quantitative estimate of drug-likeness (QED) is 0.0524. The highest BCUT2D eigenvalue weighted by atomic mass is 16.3. The zero-order valence-corrected chi connectivity index (χ0v) is 37.1. The number of carbonyl (C=O) groups is 4. The normalized spacial score (nSPS) is 10.4. The lowest BCUT2D eigenvalue weighted by atomic mass is 9.99. The minimum Gasteiger partial charge on any atom is -0.483 e. The SMILES string of the molecule is C=N/C=C(\NCCN(CCC)C(=O)CC(CC)CC)c1ccc(-c2ccc(/C(=C/N=CCC(CC)CC)NC)cc2)cc1.C=O.CCCNC.CN.NC=O.O=CO. The molecule has 0 aliphatic rings. The van der Waals surface area contributed by atoms with Crippen molar-refractivity contribution in [1.29, 1.82) is 0 Å². The average Bonchev–Trinajstić information content (AvgIpc) is 3.26. The Morgan fingerprint density at radius 3 is 1.60 bits per heavy atom. The predicted molar refractivity (Wildman–Crippen MR) is 248 cm³/mol. The van der Waals surface area contributed by atoms with Crippen molar-refractivity contribution in [3.8, 4) is 11.1 Å². The van der Waals surface area contributed by atoms with Crippen LogP contribution in [-0.4, -0.2) is 95.8 Å². The van der Waals surface area contributed by atoms with Crippen LogP contribution in [0.3, 0.4) is 0 Å². The molecule has 13 nitrogen and oxygen atoms in total. The zero-order valence-electron chi connectivity index (χ0n) is 37.1. The van der Waals surface area contributed by atoms with Crippen molar-refractivity contribution in [3.05, 3.63) is 72.1 Å². The van der Waals surface area contributed by atoms with E-state index >= 15 is 0 Å². The van der Waals surface area contributed by atoms with Crippen LogP contribution in [-0.2, 0) is 19.2 Å². The van der Waals surface area contributed by atoms with Crippen molar-refractivity contribution < 1.29 is 24.3 Å². The summed E-state index contributed by atoms with van der Waals surface area (Å²) in [4.78, 5) is 48.4. The summed E-state index contributed by atoms with van der Waals surface area (Å²) in [5.41, 5.74) is 15.0. The van der Waals surface area contributed by atoms with E-state index in [1.165, 1.54) is 26.3 Å². The van der Waals surface area contributed by atoms with Gasteiger partial charge in [-0.05, 0) is 80.7 Å². The van der Waals surface area contributed by atoms with Crippen molar-refractivity contribution in [3.63, 3.8) is 0 Å². The molecule has 0 unspecified atom stereocenters. The Kier molecular flexibility index (Phi) is 45.8. The molecule has 2 rings (SSSR count). The number of hydrogen-bond donors (Lipinski definition) is 6. The van der Waals surface area contributed by atoms with Gasteiger partial charge in [-0.3, -0.25) is 24.4 Å². The first kappa shape index (κ1) is 59.6. The number of primary amides is 1. The molecule has 0 heterocycles. The van der Waals surface area contributed by atoms with E-state index in [-0.39, 0.29) is 18.8 Å². The molecule has 2 aromatic rings. The second-order valence-corrected chi connectivity index (χ2v) is 12.5. The van der Waals surface area contributed by atoms with Gasteiger partial charge in [-0.15, -0.1) is 0 Å². The van der Waals surface area contributed by atoms with Crippen LogP contribution in [0, 0.1) is 11.8 Å². The van der Waals surface area contributed by atoms with Gasteiger partial charge in [0, 0.05) is 45.5 Å². The third-order valence-electron chi connectivity index (χ3n) is 8.78. The number of carboxylic acid groups (broad SMARTS) is 1. The van der Waals surface area contributed by atoms with E-state index in [4.69, 9.17) is 19.5 Å². The summed E-state index contributed by atoms with van der Waals surface area (Å²) in [6.07, 6.45) is 14.2. The highest BCUT2D eigenvalue weighted by Crippen LogP contribution is 2.24. The van der Waals surface area contributed by atoms with E-state index in [1.807, 2.05) is 38.2 Å². The van der Waals surface area contributed by atoms with Gasteiger partial charge in [0.15, 0.2) is 0 Å². The third kappa shape index (κ3) is 29.1. The number of hydrogen-bond acceptors (Lipinski definition) is 10. The van der Waals surface area contributed by atoms with E-state index in [0.29, 0.717) is 31.3 Å². The number of carbonyl (C=O) groups excluding carboxylic acids is 3. The summed E-state index contributed by atoms with van der Waals surface area (Å²) >= 11 is 0. The number of nitrogens with zero attached hydrogens (tertiary/aromatic N) is 3. The molecule has 0 fully saturated rings. The number of aliphatic imine (C=N–C) groups is 2. The van der Waals surface area contributed by atoms with Crippen molar-refractivity contribution in [1.82, 2.24) is 20.9 Å². The third-order valence-corrected chi connectivity index (χ3v) is 8.78. The van der Waals surface area contributed by atoms with Gasteiger partial charge in [0.2, 0.25) is 12.3 Å². The summed E-state index contributed by atoms with van der Waals surface area (Å²) in [5, 5.41) is 16.7. The van der Waals surface area contributed by atoms with E-state index in [1.54, 1.807) is 6.20 Å². The van der Waals surface area contributed by atoms with Crippen LogP contribution >= 0.6 is 0 Å². The van der Waals surface area contributed by atoms with Crippen molar-refractivity contribution in [2.45, 2.75) is 92.9 Å². The van der Waals surface area contributed by atoms with Gasteiger partial charge in [0.1, 0.15) is 6.79 Å². The van der Waals surface area contributed by atoms with Crippen LogP contribution in [0.4, 0.5) is 0 Å². The van der Waals surface area contributed by atoms with Crippen LogP contribution in [0.25, 0.3) is 22.5 Å². The molecule has 0 bridgehead atoms. The van der Waals surface area contributed by atoms with Gasteiger partial charge in [-0.2, -0.15) is 0 Å². The molecule has 8 N–H and O–H groups in total. The van der Waals surface area contributed by atoms with Crippen LogP contribution in [0.1, 0.15) is 104 Å². The molecule has 58 heavy (non-hydrogen) atoms. The summed E-state index contributed by atoms with van der Waals surface area (Å²) in [5.74, 6) is 1.41. The predicted octanol–water partition coefficient (Wildman–Crippen LogP) is 7.23. The summed E-state index contributed by atoms with van der Waals surface area (Å²) in [6.45, 7) is 21.7. The molecule has 0 spiro atoms. The fraction of sp³-hybridized carbons (Fsp3) is 0.511. The Bertz CT molecular complexity index is 1350. The maximum atomic E-state index is 12.9. The fourth-order valence-electron chi connectivity index (χ4n) is 5.40. The van der Waals surface area contributed by atoms with E-state index in [9.17, 15) is 4.79 Å². The Labute approximate surface area is 351 Å². The largest absolute Gasteiger partial charge is 0.483 e. The highest BCUT2D eigenvalue weighted by Gasteiger charge is 2.17. The van der Waals surface area contributed by atoms with Gasteiger partial charge in [0.25, 0.3) is 6.47 Å². The maximum Gasteiger partial charge on any atom is 0.290 e. The number of rotatable bonds is 22. The lowest BCUT2D eigenvalue weighted by molar-refractivity contribution is -0.132. The molecule has 2 aromatic carbocycles. The standard InChI is InChI=1S/C37H55N5O.C4H11N.CH3NO.CH5N.CH2O2.CH2O/c1-8-24-42(37(43)26-30(11-4)12-5)25-23-41-36(27-38-6)34-19-15-32(16-20-34)31-13-17-33(18-14-31)35(39-7)28-40-22-21-29(9-2)10-3;1-3-4-5-2;2-1-3;1-2;2-1-3;1-2/h13-20,22,27-30,39,41H,6,8-12,21,23-26H2,1-5,7H3;5H,3-4H2,1-2H3;1H,(H2,2,3);2H2,1H3;1H,(H,2,3);1H2/b35-28-,36-27-,40-22?;;;;;. The summed E-state index contributed by atoms with van der Waals surface area (Å²) in [7, 11) is 5.39. The molecule has 0 saturated carbocycles. The molecular weight excluding hydrogens is 733 g/mol. The lowest BCUT2D eigenvalue weighted by Crippen LogP contribution is -2.38. The highest BCUT2D eigenvalue weighted by molar-refractivity contribution is 5.76. The van der Waals surface area contributed by atoms with Crippen LogP contribution in [0.2, 0.25) is 0 Å². The van der Waals surface area contributed by atoms with Gasteiger partial charge in [-0.25, -0.2) is 0 Å². The Morgan fingerprint density at radius 2 is 1.24 bits per heavy atom. The van der Waals surface area contributed by atoms with Crippen molar-refractivity contribution in [2.75, 3.05) is 47.3 Å². The van der Waals surface area contributed by atoms with Crippen molar-refractivity contribution in [2.24, 2.45) is 33.3 Å². The molecule has 0 aliphatic carbocycles. The molecule has 0 aliphatic heterocycles. The smallest absolute Gasteiger partial charge is 0.290 e. The van der Waals surface area contributed by atoms with E-state index in [2.05, 4.69) is 134 Å². The fourth-order valence-corrected chi connectivity index (χ4v) is 5.40. The van der Waals surface area contributed by atoms with Crippen LogP contribution in [0.5, 0.6) is 0 Å². The van der Waals surface area contributed by atoms with Crippen LogP contribution in [0.15, 0.2) is 70.9 Å². The number of amides is 2. The molecule has 0 radical (unpaired) electrons. The monoisotopic (exact) mass is 811 g/mol. The molecule has 13 heteroatoms. The maximum absolute atomic E-state index is 12.9. The summed E-state index contributed by atoms with van der Waals surface area (Å²) < 4.78 is 0.